The van der Waals surface area contributed by atoms with Gasteiger partial charge in [0.2, 0.25) is 5.75 Å². The summed E-state index contributed by atoms with van der Waals surface area (Å²) in [6.07, 6.45) is -0.821. The maximum atomic E-state index is 11.0. The fourth-order valence-corrected chi connectivity index (χ4v) is 1.04. The maximum absolute atomic E-state index is 11.0. The second-order valence-corrected chi connectivity index (χ2v) is 2.55. The maximum Gasteiger partial charge on any atom is 0.513 e. The molecular weight excluding hydrogens is 200 g/mol. The Kier molecular flexibility index (Phi) is 3.79. The molecule has 0 aliphatic carbocycles. The average molecular weight is 212 g/mol. The van der Waals surface area contributed by atoms with Crippen molar-refractivity contribution in [1.29, 1.82) is 0 Å². The molecule has 0 radical (unpaired) electrons. The van der Waals surface area contributed by atoms with E-state index in [1.165, 1.54) is 21.3 Å². The van der Waals surface area contributed by atoms with Gasteiger partial charge in [-0.15, -0.1) is 0 Å². The molecule has 0 saturated carbocycles. The summed E-state index contributed by atoms with van der Waals surface area (Å²) in [5.74, 6) is 1.01. The molecule has 0 saturated heterocycles. The minimum Gasteiger partial charge on any atom is -0.493 e. The molecule has 0 atom stereocenters. The number of para-hydroxylation sites is 1. The van der Waals surface area contributed by atoms with Crippen LogP contribution in [0.15, 0.2) is 18.2 Å². The van der Waals surface area contributed by atoms with Crippen molar-refractivity contribution in [2.45, 2.75) is 0 Å². The van der Waals surface area contributed by atoms with Gasteiger partial charge in [-0.2, -0.15) is 0 Å². The van der Waals surface area contributed by atoms with Gasteiger partial charge in [-0.1, -0.05) is 6.07 Å². The van der Waals surface area contributed by atoms with Crippen LogP contribution in [-0.2, 0) is 4.74 Å². The summed E-state index contributed by atoms with van der Waals surface area (Å²) < 4.78 is 19.3. The molecule has 15 heavy (non-hydrogen) atoms. The fourth-order valence-electron chi connectivity index (χ4n) is 1.04. The van der Waals surface area contributed by atoms with E-state index in [4.69, 9.17) is 14.2 Å². The number of hydrogen-bond acceptors (Lipinski definition) is 5. The van der Waals surface area contributed by atoms with Crippen LogP contribution >= 0.6 is 0 Å². The molecule has 0 spiro atoms. The first-order valence-corrected chi connectivity index (χ1v) is 4.19. The van der Waals surface area contributed by atoms with Gasteiger partial charge in [0, 0.05) is 0 Å². The summed E-state index contributed by atoms with van der Waals surface area (Å²) in [5.41, 5.74) is 0. The van der Waals surface area contributed by atoms with Crippen molar-refractivity contribution in [2.75, 3.05) is 21.3 Å². The zero-order chi connectivity index (χ0) is 11.3. The van der Waals surface area contributed by atoms with Crippen LogP contribution in [0.3, 0.4) is 0 Å². The molecule has 1 rings (SSSR count). The van der Waals surface area contributed by atoms with Gasteiger partial charge in [-0.3, -0.25) is 0 Å². The van der Waals surface area contributed by atoms with E-state index in [0.29, 0.717) is 11.5 Å². The zero-order valence-corrected chi connectivity index (χ0v) is 8.77. The predicted molar refractivity (Wildman–Crippen MR) is 52.6 cm³/mol. The third-order valence-corrected chi connectivity index (χ3v) is 1.73. The van der Waals surface area contributed by atoms with Crippen LogP contribution in [0.5, 0.6) is 17.2 Å². The summed E-state index contributed by atoms with van der Waals surface area (Å²) in [5, 5.41) is 0. The Morgan fingerprint density at radius 2 is 1.60 bits per heavy atom. The van der Waals surface area contributed by atoms with Gasteiger partial charge in [-0.05, 0) is 12.1 Å². The van der Waals surface area contributed by atoms with E-state index >= 15 is 0 Å². The third kappa shape index (κ3) is 2.52. The Balaban J connectivity index is 3.05. The van der Waals surface area contributed by atoms with Crippen LogP contribution in [0, 0.1) is 0 Å². The molecule has 0 N–H and O–H groups in total. The number of benzene rings is 1. The summed E-state index contributed by atoms with van der Waals surface area (Å²) in [6, 6.07) is 5.03. The number of methoxy groups -OCH3 is 3. The van der Waals surface area contributed by atoms with Crippen LogP contribution < -0.4 is 14.2 Å². The van der Waals surface area contributed by atoms with Gasteiger partial charge >= 0.3 is 6.16 Å². The molecule has 5 heteroatoms. The first kappa shape index (κ1) is 11.2. The second kappa shape index (κ2) is 5.09. The molecule has 0 amide bonds. The van der Waals surface area contributed by atoms with E-state index in [1.54, 1.807) is 18.2 Å². The van der Waals surface area contributed by atoms with Gasteiger partial charge in [0.05, 0.1) is 21.3 Å². The van der Waals surface area contributed by atoms with E-state index in [-0.39, 0.29) is 5.75 Å². The van der Waals surface area contributed by atoms with E-state index in [1.807, 2.05) is 0 Å². The minimum absolute atomic E-state index is 0.203. The standard InChI is InChI=1S/C10H12O5/c1-12-7-5-4-6-8(13-2)9(7)15-10(11)14-3/h4-6H,1-3H3. The van der Waals surface area contributed by atoms with Crippen molar-refractivity contribution in [3.8, 4) is 17.2 Å². The second-order valence-electron chi connectivity index (χ2n) is 2.55. The van der Waals surface area contributed by atoms with Crippen molar-refractivity contribution >= 4 is 6.16 Å². The molecule has 1 aromatic carbocycles. The molecule has 0 bridgehead atoms. The smallest absolute Gasteiger partial charge is 0.493 e. The van der Waals surface area contributed by atoms with Gasteiger partial charge in [0.15, 0.2) is 11.5 Å². The van der Waals surface area contributed by atoms with Crippen LogP contribution in [0.2, 0.25) is 0 Å². The molecule has 0 fully saturated rings. The van der Waals surface area contributed by atoms with Gasteiger partial charge in [0.1, 0.15) is 0 Å². The lowest BCUT2D eigenvalue weighted by molar-refractivity contribution is 0.118. The van der Waals surface area contributed by atoms with Gasteiger partial charge in [0.25, 0.3) is 0 Å². The summed E-state index contributed by atoms with van der Waals surface area (Å²) in [4.78, 5) is 11.0. The van der Waals surface area contributed by atoms with E-state index < -0.39 is 6.16 Å². The lowest BCUT2D eigenvalue weighted by atomic mass is 10.3. The van der Waals surface area contributed by atoms with Crippen molar-refractivity contribution < 1.29 is 23.7 Å². The predicted octanol–water partition coefficient (Wildman–Crippen LogP) is 1.85. The van der Waals surface area contributed by atoms with Crippen LogP contribution in [-0.4, -0.2) is 27.5 Å². The molecular formula is C10H12O5. The first-order valence-electron chi connectivity index (χ1n) is 4.19. The highest BCUT2D eigenvalue weighted by molar-refractivity contribution is 5.67. The largest absolute Gasteiger partial charge is 0.513 e. The van der Waals surface area contributed by atoms with Gasteiger partial charge < -0.3 is 18.9 Å². The SMILES string of the molecule is COC(=O)Oc1c(OC)cccc1OC. The van der Waals surface area contributed by atoms with E-state index in [9.17, 15) is 4.79 Å². The number of carbonyl (C=O) groups is 1. The monoisotopic (exact) mass is 212 g/mol. The van der Waals surface area contributed by atoms with Crippen LogP contribution in [0.1, 0.15) is 0 Å². The number of rotatable bonds is 3. The molecule has 0 heterocycles. The Bertz CT molecular complexity index is 325. The molecule has 0 aliphatic rings. The zero-order valence-electron chi connectivity index (χ0n) is 8.77. The Hall–Kier alpha value is -1.91. The van der Waals surface area contributed by atoms with Crippen molar-refractivity contribution in [3.63, 3.8) is 0 Å². The van der Waals surface area contributed by atoms with Crippen molar-refractivity contribution in [3.05, 3.63) is 18.2 Å². The third-order valence-electron chi connectivity index (χ3n) is 1.73. The van der Waals surface area contributed by atoms with Crippen LogP contribution in [0.4, 0.5) is 4.79 Å². The van der Waals surface area contributed by atoms with Crippen molar-refractivity contribution in [1.82, 2.24) is 0 Å². The molecule has 0 unspecified atom stereocenters. The topological polar surface area (TPSA) is 54.0 Å². The van der Waals surface area contributed by atoms with Crippen LogP contribution in [0.25, 0.3) is 0 Å². The minimum atomic E-state index is -0.821. The van der Waals surface area contributed by atoms with Gasteiger partial charge in [-0.25, -0.2) is 4.79 Å². The highest BCUT2D eigenvalue weighted by Crippen LogP contribution is 2.36. The van der Waals surface area contributed by atoms with Crippen molar-refractivity contribution in [2.24, 2.45) is 0 Å². The molecule has 82 valence electrons. The highest BCUT2D eigenvalue weighted by Gasteiger charge is 2.15. The number of carbonyl (C=O) groups excluding carboxylic acids is 1. The Morgan fingerprint density at radius 1 is 1.07 bits per heavy atom. The Labute approximate surface area is 87.5 Å². The molecule has 0 aliphatic heterocycles. The summed E-state index contributed by atoms with van der Waals surface area (Å²) in [7, 11) is 4.17. The quantitative estimate of drug-likeness (QED) is 0.565. The molecule has 0 aromatic heterocycles. The number of ether oxygens (including phenoxy) is 4. The Morgan fingerprint density at radius 3 is 2.00 bits per heavy atom. The normalized spacial score (nSPS) is 9.27. The lowest BCUT2D eigenvalue weighted by Gasteiger charge is -2.11. The molecule has 1 aromatic rings. The fraction of sp³-hybridized carbons (Fsp3) is 0.300. The summed E-state index contributed by atoms with van der Waals surface area (Å²) >= 11 is 0. The summed E-state index contributed by atoms with van der Waals surface area (Å²) in [6.45, 7) is 0. The average Bonchev–Trinajstić information content (AvgIpc) is 2.29. The van der Waals surface area contributed by atoms with E-state index in [2.05, 4.69) is 4.74 Å². The van der Waals surface area contributed by atoms with E-state index in [0.717, 1.165) is 0 Å². The number of hydrogen-bond donors (Lipinski definition) is 0. The highest BCUT2D eigenvalue weighted by atomic mass is 16.7. The first-order chi connectivity index (χ1) is 7.22. The lowest BCUT2D eigenvalue weighted by Crippen LogP contribution is -2.09. The molecule has 5 nitrogen and oxygen atoms in total.